The lowest BCUT2D eigenvalue weighted by Crippen LogP contribution is -2.53. The van der Waals surface area contributed by atoms with Crippen LogP contribution in [0.5, 0.6) is 0 Å². The van der Waals surface area contributed by atoms with Crippen molar-refractivity contribution in [3.63, 3.8) is 0 Å². The molecule has 0 radical (unpaired) electrons. The van der Waals surface area contributed by atoms with Crippen molar-refractivity contribution in [3.05, 3.63) is 0 Å². The van der Waals surface area contributed by atoms with E-state index in [4.69, 9.17) is 12.6 Å². The molecule has 4 aliphatic carbocycles. The van der Waals surface area contributed by atoms with E-state index in [2.05, 4.69) is 0 Å². The SMILES string of the molecule is O=CCC(S)(C12CCC(CC1)C2)C12CCC(CC1)C2. The molecule has 0 amide bonds. The number of thiol groups is 1. The molecule has 2 heteroatoms. The summed E-state index contributed by atoms with van der Waals surface area (Å²) in [6.45, 7) is 0. The van der Waals surface area contributed by atoms with Crippen molar-refractivity contribution in [2.45, 2.75) is 75.4 Å². The molecule has 4 fully saturated rings. The van der Waals surface area contributed by atoms with Crippen molar-refractivity contribution >= 4 is 18.9 Å². The quantitative estimate of drug-likeness (QED) is 0.595. The summed E-state index contributed by atoms with van der Waals surface area (Å²) in [7, 11) is 0. The van der Waals surface area contributed by atoms with E-state index in [1.54, 1.807) is 0 Å². The van der Waals surface area contributed by atoms with Crippen molar-refractivity contribution < 1.29 is 4.79 Å². The maximum atomic E-state index is 11.4. The van der Waals surface area contributed by atoms with Gasteiger partial charge in [0.2, 0.25) is 0 Å². The predicted molar refractivity (Wildman–Crippen MR) is 80.4 cm³/mol. The van der Waals surface area contributed by atoms with E-state index in [-0.39, 0.29) is 4.75 Å². The highest BCUT2D eigenvalue weighted by Crippen LogP contribution is 2.72. The summed E-state index contributed by atoms with van der Waals surface area (Å²) in [6, 6.07) is 0. The number of hydrogen-bond acceptors (Lipinski definition) is 2. The zero-order chi connectivity index (χ0) is 13.1. The van der Waals surface area contributed by atoms with E-state index in [9.17, 15) is 4.79 Å². The van der Waals surface area contributed by atoms with Crippen molar-refractivity contribution in [1.82, 2.24) is 0 Å². The van der Waals surface area contributed by atoms with Crippen LogP contribution in [0, 0.1) is 22.7 Å². The van der Waals surface area contributed by atoms with Gasteiger partial charge in [-0.05, 0) is 86.9 Å². The molecule has 1 nitrogen and oxygen atoms in total. The van der Waals surface area contributed by atoms with Crippen molar-refractivity contribution in [1.29, 1.82) is 0 Å². The molecule has 106 valence electrons. The van der Waals surface area contributed by atoms with Gasteiger partial charge in [0.15, 0.2) is 0 Å². The topological polar surface area (TPSA) is 17.1 Å². The second-order valence-electron chi connectivity index (χ2n) is 8.09. The van der Waals surface area contributed by atoms with E-state index >= 15 is 0 Å². The van der Waals surface area contributed by atoms with E-state index in [1.807, 2.05) is 0 Å². The first-order valence-corrected chi connectivity index (χ1v) is 8.74. The zero-order valence-electron chi connectivity index (χ0n) is 11.9. The summed E-state index contributed by atoms with van der Waals surface area (Å²) in [4.78, 5) is 11.4. The lowest BCUT2D eigenvalue weighted by atomic mass is 9.57. The Kier molecular flexibility index (Phi) is 2.70. The van der Waals surface area contributed by atoms with Gasteiger partial charge in [0.05, 0.1) is 0 Å². The Hall–Kier alpha value is 0.0200. The first kappa shape index (κ1) is 12.7. The van der Waals surface area contributed by atoms with E-state index < -0.39 is 0 Å². The van der Waals surface area contributed by atoms with Crippen LogP contribution in [0.15, 0.2) is 0 Å². The summed E-state index contributed by atoms with van der Waals surface area (Å²) in [6.07, 6.45) is 15.6. The van der Waals surface area contributed by atoms with Gasteiger partial charge in [-0.3, -0.25) is 0 Å². The molecule has 19 heavy (non-hydrogen) atoms. The Bertz CT molecular complexity index is 356. The van der Waals surface area contributed by atoms with Crippen LogP contribution in [-0.4, -0.2) is 11.0 Å². The third-order valence-corrected chi connectivity index (χ3v) is 8.75. The summed E-state index contributed by atoms with van der Waals surface area (Å²) in [5, 5.41) is 0. The van der Waals surface area contributed by atoms with Gasteiger partial charge in [0, 0.05) is 11.2 Å². The second kappa shape index (κ2) is 4.02. The molecular formula is C17H26OS. The highest BCUT2D eigenvalue weighted by molar-refractivity contribution is 7.82. The summed E-state index contributed by atoms with van der Waals surface area (Å²) in [5.74, 6) is 1.90. The molecule has 0 spiro atoms. The summed E-state index contributed by atoms with van der Waals surface area (Å²) in [5.41, 5.74) is 0.807. The van der Waals surface area contributed by atoms with Crippen LogP contribution in [0.3, 0.4) is 0 Å². The Balaban J connectivity index is 1.75. The second-order valence-corrected chi connectivity index (χ2v) is 8.85. The zero-order valence-corrected chi connectivity index (χ0v) is 12.8. The van der Waals surface area contributed by atoms with Crippen molar-refractivity contribution in [2.24, 2.45) is 22.7 Å². The standard InChI is InChI=1S/C17H26OS/c18-10-9-17(19,15-5-1-13(11-15)2-6-15)16-7-3-14(12-16)4-8-16/h10,13-14,19H,1-9,11-12H2. The van der Waals surface area contributed by atoms with Crippen LogP contribution in [0.25, 0.3) is 0 Å². The fourth-order valence-electron chi connectivity index (χ4n) is 6.66. The molecule has 4 aliphatic rings. The van der Waals surface area contributed by atoms with E-state index in [0.717, 1.165) is 11.8 Å². The minimum Gasteiger partial charge on any atom is -0.303 e. The first-order valence-electron chi connectivity index (χ1n) is 8.29. The van der Waals surface area contributed by atoms with Gasteiger partial charge in [0.1, 0.15) is 6.29 Å². The molecule has 0 aromatic rings. The number of rotatable bonds is 4. The minimum absolute atomic E-state index is 0.0122. The van der Waals surface area contributed by atoms with Gasteiger partial charge >= 0.3 is 0 Å². The Morgan fingerprint density at radius 1 is 0.947 bits per heavy atom. The summed E-state index contributed by atoms with van der Waals surface area (Å²) < 4.78 is 0.0122. The van der Waals surface area contributed by atoms with Crippen LogP contribution in [0.1, 0.15) is 70.6 Å². The Labute approximate surface area is 122 Å². The number of carbonyl (C=O) groups is 1. The van der Waals surface area contributed by atoms with E-state index in [0.29, 0.717) is 17.3 Å². The molecular weight excluding hydrogens is 252 g/mol. The van der Waals surface area contributed by atoms with Crippen LogP contribution < -0.4 is 0 Å². The van der Waals surface area contributed by atoms with Gasteiger partial charge in [-0.25, -0.2) is 0 Å². The Morgan fingerprint density at radius 2 is 1.37 bits per heavy atom. The minimum atomic E-state index is 0.0122. The predicted octanol–water partition coefficient (Wildman–Crippen LogP) is 4.40. The fourth-order valence-corrected chi connectivity index (χ4v) is 7.37. The number of fused-ring (bicyclic) bond motifs is 4. The monoisotopic (exact) mass is 278 g/mol. The molecule has 4 bridgehead atoms. The largest absolute Gasteiger partial charge is 0.303 e. The van der Waals surface area contributed by atoms with Gasteiger partial charge < -0.3 is 4.79 Å². The maximum Gasteiger partial charge on any atom is 0.121 e. The van der Waals surface area contributed by atoms with Crippen LogP contribution in [0.4, 0.5) is 0 Å². The smallest absolute Gasteiger partial charge is 0.121 e. The normalized spacial score (nSPS) is 50.6. The van der Waals surface area contributed by atoms with E-state index in [1.165, 1.54) is 70.5 Å². The van der Waals surface area contributed by atoms with Gasteiger partial charge in [-0.15, -0.1) is 0 Å². The third-order valence-electron chi connectivity index (χ3n) is 7.62. The van der Waals surface area contributed by atoms with Crippen LogP contribution in [-0.2, 0) is 4.79 Å². The summed E-state index contributed by atoms with van der Waals surface area (Å²) >= 11 is 5.34. The number of carbonyl (C=O) groups excluding carboxylic acids is 1. The molecule has 0 heterocycles. The van der Waals surface area contributed by atoms with Gasteiger partial charge in [-0.2, -0.15) is 12.6 Å². The Morgan fingerprint density at radius 3 is 1.63 bits per heavy atom. The molecule has 0 unspecified atom stereocenters. The molecule has 0 aromatic carbocycles. The lowest BCUT2D eigenvalue weighted by molar-refractivity contribution is -0.110. The van der Waals surface area contributed by atoms with Gasteiger partial charge in [0.25, 0.3) is 0 Å². The number of hydrogen-bond donors (Lipinski definition) is 1. The molecule has 0 N–H and O–H groups in total. The molecule has 4 saturated carbocycles. The molecule has 0 saturated heterocycles. The molecule has 0 aliphatic heterocycles. The van der Waals surface area contributed by atoms with Gasteiger partial charge in [-0.1, -0.05) is 0 Å². The maximum absolute atomic E-state index is 11.4. The van der Waals surface area contributed by atoms with Crippen molar-refractivity contribution in [2.75, 3.05) is 0 Å². The highest BCUT2D eigenvalue weighted by atomic mass is 32.1. The van der Waals surface area contributed by atoms with Crippen LogP contribution in [0.2, 0.25) is 0 Å². The highest BCUT2D eigenvalue weighted by Gasteiger charge is 2.66. The first-order chi connectivity index (χ1) is 9.13. The van der Waals surface area contributed by atoms with Crippen LogP contribution >= 0.6 is 12.6 Å². The fraction of sp³-hybridized carbons (Fsp3) is 0.941. The molecule has 0 aromatic heterocycles. The average molecular weight is 278 g/mol. The number of aldehydes is 1. The average Bonchev–Trinajstić information content (AvgIpc) is 3.19. The lowest BCUT2D eigenvalue weighted by Gasteiger charge is -2.55. The third kappa shape index (κ3) is 1.47. The molecule has 4 rings (SSSR count). The van der Waals surface area contributed by atoms with Crippen molar-refractivity contribution in [3.8, 4) is 0 Å². The molecule has 0 atom stereocenters.